The molecule has 0 spiro atoms. The van der Waals surface area contributed by atoms with Crippen LogP contribution in [-0.2, 0) is 4.79 Å². The summed E-state index contributed by atoms with van der Waals surface area (Å²) in [5.74, 6) is -0.662. The molecule has 3 N–H and O–H groups in total. The van der Waals surface area contributed by atoms with Gasteiger partial charge in [0.15, 0.2) is 0 Å². The fourth-order valence-electron chi connectivity index (χ4n) is 1.05. The van der Waals surface area contributed by atoms with Gasteiger partial charge in [0.25, 0.3) is 0 Å². The van der Waals surface area contributed by atoms with Crippen molar-refractivity contribution in [3.63, 3.8) is 0 Å². The van der Waals surface area contributed by atoms with E-state index in [-0.39, 0.29) is 11.8 Å². The number of nitrogens with two attached hydrogens (primary N) is 1. The lowest BCUT2D eigenvalue weighted by atomic mass is 9.92. The molecule has 0 bridgehead atoms. The van der Waals surface area contributed by atoms with Gasteiger partial charge in [-0.3, -0.25) is 0 Å². The maximum Gasteiger partial charge on any atom is 0.330 e. The van der Waals surface area contributed by atoms with Crippen LogP contribution in [0.3, 0.4) is 0 Å². The summed E-state index contributed by atoms with van der Waals surface area (Å²) in [5.41, 5.74) is 6.01. The molecule has 0 rings (SSSR count). The Morgan fingerprint density at radius 2 is 2.00 bits per heavy atom. The monoisotopic (exact) mass is 183 g/mol. The zero-order valence-corrected chi connectivity index (χ0v) is 8.32. The summed E-state index contributed by atoms with van der Waals surface area (Å²) >= 11 is 0. The predicted octanol–water partition coefficient (Wildman–Crippen LogP) is 1.76. The second-order valence-corrected chi connectivity index (χ2v) is 3.16. The molecule has 0 saturated heterocycles. The van der Waals surface area contributed by atoms with Crippen molar-refractivity contribution in [3.8, 4) is 0 Å². The molecule has 0 unspecified atom stereocenters. The third kappa shape index (κ3) is 4.35. The first-order valence-corrected chi connectivity index (χ1v) is 4.31. The van der Waals surface area contributed by atoms with Gasteiger partial charge in [0.2, 0.25) is 0 Å². The van der Waals surface area contributed by atoms with Crippen molar-refractivity contribution in [2.24, 2.45) is 17.6 Å². The molecule has 0 fully saturated rings. The summed E-state index contributed by atoms with van der Waals surface area (Å²) < 4.78 is 0. The Kier molecular flexibility index (Phi) is 4.89. The molecule has 0 radical (unpaired) electrons. The number of rotatable bonds is 4. The van der Waals surface area contributed by atoms with E-state index in [4.69, 9.17) is 10.8 Å². The van der Waals surface area contributed by atoms with E-state index in [2.05, 4.69) is 0 Å². The maximum atomic E-state index is 10.3. The highest BCUT2D eigenvalue weighted by atomic mass is 16.4. The van der Waals surface area contributed by atoms with Crippen LogP contribution in [0.25, 0.3) is 0 Å². The molecule has 0 heterocycles. The van der Waals surface area contributed by atoms with Crippen molar-refractivity contribution in [3.05, 3.63) is 23.9 Å². The van der Waals surface area contributed by atoms with Gasteiger partial charge >= 0.3 is 5.97 Å². The second-order valence-electron chi connectivity index (χ2n) is 3.16. The van der Waals surface area contributed by atoms with Gasteiger partial charge in [0, 0.05) is 17.7 Å². The van der Waals surface area contributed by atoms with Crippen molar-refractivity contribution in [2.75, 3.05) is 0 Å². The average molecular weight is 183 g/mol. The van der Waals surface area contributed by atoms with Crippen LogP contribution < -0.4 is 5.73 Å². The standard InChI is InChI=1S/C10H17NO2/c1-4-5-7(2)8(3)9(11)6-10(12)13/h4-8H,11H2,1-3H3,(H,12,13)/t7-,8-/m1/s1. The van der Waals surface area contributed by atoms with Gasteiger partial charge in [0.05, 0.1) is 0 Å². The van der Waals surface area contributed by atoms with Crippen molar-refractivity contribution in [2.45, 2.75) is 20.8 Å². The third-order valence-corrected chi connectivity index (χ3v) is 2.10. The van der Waals surface area contributed by atoms with Gasteiger partial charge in [-0.2, -0.15) is 0 Å². The predicted molar refractivity (Wildman–Crippen MR) is 53.0 cm³/mol. The van der Waals surface area contributed by atoms with E-state index in [9.17, 15) is 4.79 Å². The van der Waals surface area contributed by atoms with E-state index in [1.807, 2.05) is 32.9 Å². The Bertz CT molecular complexity index is 231. The smallest absolute Gasteiger partial charge is 0.330 e. The molecular formula is C10H17NO2. The Morgan fingerprint density at radius 3 is 2.38 bits per heavy atom. The number of aliphatic carboxylic acids is 1. The Morgan fingerprint density at radius 1 is 1.46 bits per heavy atom. The molecule has 3 nitrogen and oxygen atoms in total. The quantitative estimate of drug-likeness (QED) is 0.515. The zero-order chi connectivity index (χ0) is 10.4. The van der Waals surface area contributed by atoms with E-state index >= 15 is 0 Å². The number of carboxylic acid groups (broad SMARTS) is 1. The minimum Gasteiger partial charge on any atom is -0.478 e. The van der Waals surface area contributed by atoms with E-state index in [0.29, 0.717) is 5.70 Å². The fraction of sp³-hybridized carbons (Fsp3) is 0.500. The summed E-state index contributed by atoms with van der Waals surface area (Å²) in [6.45, 7) is 5.85. The van der Waals surface area contributed by atoms with Gasteiger partial charge in [-0.05, 0) is 12.8 Å². The largest absolute Gasteiger partial charge is 0.478 e. The molecule has 0 aliphatic rings. The average Bonchev–Trinajstić information content (AvgIpc) is 2.02. The van der Waals surface area contributed by atoms with Crippen molar-refractivity contribution in [1.82, 2.24) is 0 Å². The van der Waals surface area contributed by atoms with E-state index < -0.39 is 5.97 Å². The molecule has 0 aromatic heterocycles. The molecule has 0 aliphatic carbocycles. The first-order valence-electron chi connectivity index (χ1n) is 4.31. The normalized spacial score (nSPS) is 17.3. The highest BCUT2D eigenvalue weighted by Gasteiger charge is 2.12. The van der Waals surface area contributed by atoms with E-state index in [1.54, 1.807) is 0 Å². The molecule has 0 aromatic carbocycles. The molecule has 0 saturated carbocycles. The van der Waals surface area contributed by atoms with Gasteiger partial charge in [-0.1, -0.05) is 26.0 Å². The van der Waals surface area contributed by atoms with Gasteiger partial charge < -0.3 is 10.8 Å². The molecular weight excluding hydrogens is 166 g/mol. The fourth-order valence-corrected chi connectivity index (χ4v) is 1.05. The molecule has 0 aromatic rings. The SMILES string of the molecule is CC=C[C@@H](C)[C@@H](C)C(N)=CC(=O)O. The van der Waals surface area contributed by atoms with E-state index in [1.165, 1.54) is 0 Å². The summed E-state index contributed by atoms with van der Waals surface area (Å²) in [5, 5.41) is 8.47. The minimum absolute atomic E-state index is 0.0623. The minimum atomic E-state index is -0.989. The number of allylic oxidation sites excluding steroid dienone is 3. The number of carbonyl (C=O) groups is 1. The lowest BCUT2D eigenvalue weighted by molar-refractivity contribution is -0.131. The Hall–Kier alpha value is -1.25. The van der Waals surface area contributed by atoms with E-state index in [0.717, 1.165) is 6.08 Å². The number of hydrogen-bond donors (Lipinski definition) is 2. The van der Waals surface area contributed by atoms with Crippen LogP contribution in [-0.4, -0.2) is 11.1 Å². The van der Waals surface area contributed by atoms with Gasteiger partial charge in [-0.15, -0.1) is 0 Å². The van der Waals surface area contributed by atoms with Crippen LogP contribution in [0.15, 0.2) is 23.9 Å². The summed E-state index contributed by atoms with van der Waals surface area (Å²) in [6.07, 6.45) is 5.01. The Balaban J connectivity index is 4.41. The summed E-state index contributed by atoms with van der Waals surface area (Å²) in [4.78, 5) is 10.3. The van der Waals surface area contributed by atoms with Gasteiger partial charge in [-0.25, -0.2) is 4.79 Å². The summed E-state index contributed by atoms with van der Waals surface area (Å²) in [6, 6.07) is 0. The third-order valence-electron chi connectivity index (χ3n) is 2.10. The molecule has 74 valence electrons. The molecule has 3 heteroatoms. The highest BCUT2D eigenvalue weighted by Crippen LogP contribution is 2.17. The number of hydrogen-bond acceptors (Lipinski definition) is 2. The first-order chi connectivity index (χ1) is 5.99. The van der Waals surface area contributed by atoms with Crippen molar-refractivity contribution in [1.29, 1.82) is 0 Å². The lowest BCUT2D eigenvalue weighted by Crippen LogP contribution is -2.16. The van der Waals surface area contributed by atoms with Crippen LogP contribution in [0, 0.1) is 11.8 Å². The van der Waals surface area contributed by atoms with Crippen LogP contribution in [0.5, 0.6) is 0 Å². The molecule has 2 atom stereocenters. The van der Waals surface area contributed by atoms with Crippen molar-refractivity contribution >= 4 is 5.97 Å². The number of carboxylic acids is 1. The molecule has 13 heavy (non-hydrogen) atoms. The highest BCUT2D eigenvalue weighted by molar-refractivity contribution is 5.80. The van der Waals surface area contributed by atoms with Crippen LogP contribution in [0.1, 0.15) is 20.8 Å². The van der Waals surface area contributed by atoms with Crippen LogP contribution in [0.4, 0.5) is 0 Å². The van der Waals surface area contributed by atoms with Crippen LogP contribution >= 0.6 is 0 Å². The first kappa shape index (κ1) is 11.8. The molecule has 0 amide bonds. The topological polar surface area (TPSA) is 63.3 Å². The lowest BCUT2D eigenvalue weighted by Gasteiger charge is -2.16. The summed E-state index contributed by atoms with van der Waals surface area (Å²) in [7, 11) is 0. The van der Waals surface area contributed by atoms with Gasteiger partial charge in [0.1, 0.15) is 0 Å². The van der Waals surface area contributed by atoms with Crippen LogP contribution in [0.2, 0.25) is 0 Å². The van der Waals surface area contributed by atoms with Crippen molar-refractivity contribution < 1.29 is 9.90 Å². The zero-order valence-electron chi connectivity index (χ0n) is 8.32. The maximum absolute atomic E-state index is 10.3. The molecule has 0 aliphatic heterocycles. The second kappa shape index (κ2) is 5.41. The Labute approximate surface area is 78.9 Å².